The highest BCUT2D eigenvalue weighted by atomic mass is 16.5. The van der Waals surface area contributed by atoms with Crippen LogP contribution in [0.5, 0.6) is 5.75 Å². The number of aliphatic carboxylic acids is 1. The van der Waals surface area contributed by atoms with Crippen molar-refractivity contribution in [3.05, 3.63) is 65.4 Å². The van der Waals surface area contributed by atoms with E-state index in [9.17, 15) is 14.4 Å². The van der Waals surface area contributed by atoms with Crippen molar-refractivity contribution >= 4 is 28.7 Å². The maximum absolute atomic E-state index is 13.2. The van der Waals surface area contributed by atoms with E-state index in [0.717, 1.165) is 34.5 Å². The topological polar surface area (TPSA) is 115 Å². The van der Waals surface area contributed by atoms with Crippen LogP contribution in [0.1, 0.15) is 35.0 Å². The first kappa shape index (κ1) is 23.9. The van der Waals surface area contributed by atoms with Crippen molar-refractivity contribution in [2.24, 2.45) is 0 Å². The summed E-state index contributed by atoms with van der Waals surface area (Å²) < 4.78 is 5.90. The van der Waals surface area contributed by atoms with Crippen molar-refractivity contribution in [3.63, 3.8) is 0 Å². The fourth-order valence-corrected chi connectivity index (χ4v) is 5.53. The van der Waals surface area contributed by atoms with Gasteiger partial charge in [0.1, 0.15) is 18.9 Å². The van der Waals surface area contributed by atoms with Crippen LogP contribution in [0.3, 0.4) is 0 Å². The molecule has 36 heavy (non-hydrogen) atoms. The molecule has 2 aliphatic rings. The quantitative estimate of drug-likeness (QED) is 0.439. The predicted octanol–water partition coefficient (Wildman–Crippen LogP) is 3.00. The molecule has 3 aromatic rings. The summed E-state index contributed by atoms with van der Waals surface area (Å²) in [6.07, 6.45) is 1.33. The highest BCUT2D eigenvalue weighted by Gasteiger charge is 2.51. The number of carboxylic acid groups (broad SMARTS) is 1. The number of Topliss-reactive ketones (excluding diaryl/α,β-unsaturated/α-hetero) is 1. The number of hydrogen-bond acceptors (Lipinski definition) is 5. The van der Waals surface area contributed by atoms with Gasteiger partial charge >= 0.3 is 12.0 Å². The Labute approximate surface area is 209 Å². The van der Waals surface area contributed by atoms with Crippen molar-refractivity contribution in [3.8, 4) is 5.75 Å². The van der Waals surface area contributed by atoms with E-state index in [-0.39, 0.29) is 11.8 Å². The number of rotatable bonds is 7. The van der Waals surface area contributed by atoms with E-state index in [1.54, 1.807) is 11.8 Å². The van der Waals surface area contributed by atoms with E-state index in [4.69, 9.17) is 9.84 Å². The summed E-state index contributed by atoms with van der Waals surface area (Å²) >= 11 is 0. The summed E-state index contributed by atoms with van der Waals surface area (Å²) in [7, 11) is 0. The minimum atomic E-state index is -1.08. The Balaban J connectivity index is 1.44. The summed E-state index contributed by atoms with van der Waals surface area (Å²) in [6, 6.07) is 15.0. The third-order valence-electron chi connectivity index (χ3n) is 7.26. The van der Waals surface area contributed by atoms with Crippen molar-refractivity contribution in [2.75, 3.05) is 39.3 Å². The molecule has 9 nitrogen and oxygen atoms in total. The molecular weight excluding hydrogens is 460 g/mol. The van der Waals surface area contributed by atoms with Gasteiger partial charge in [0, 0.05) is 48.3 Å². The number of nitrogens with zero attached hydrogens (tertiary/aromatic N) is 2. The first-order chi connectivity index (χ1) is 17.4. The van der Waals surface area contributed by atoms with Gasteiger partial charge in [-0.3, -0.25) is 14.5 Å². The van der Waals surface area contributed by atoms with E-state index in [1.165, 1.54) is 0 Å². The maximum atomic E-state index is 13.2. The number of urea groups is 1. The molecule has 1 aromatic heterocycles. The molecule has 2 aromatic carbocycles. The number of fused-ring (bicyclic) bond motifs is 4. The standard InChI is InChI=1S/C27H30N4O5/c1-18(32)19-7-8-23-22(15-19)21-9-11-31(26(35)28-16-24(33)34)27(25(21)29-23)10-12-30(17-27)13-14-36-20-5-3-2-4-6-20/h2-8,15,29H,9-14,16-17H2,1H3,(H,28,35)(H,33,34). The van der Waals surface area contributed by atoms with Gasteiger partial charge in [0.25, 0.3) is 0 Å². The zero-order chi connectivity index (χ0) is 25.3. The van der Waals surface area contributed by atoms with Crippen molar-refractivity contribution in [1.82, 2.24) is 20.1 Å². The minimum absolute atomic E-state index is 0.0116. The second-order valence-corrected chi connectivity index (χ2v) is 9.47. The monoisotopic (exact) mass is 490 g/mol. The third kappa shape index (κ3) is 4.42. The normalized spacial score (nSPS) is 19.4. The molecular formula is C27H30N4O5. The summed E-state index contributed by atoms with van der Waals surface area (Å²) in [6.45, 7) is 4.19. The van der Waals surface area contributed by atoms with Gasteiger partial charge in [-0.25, -0.2) is 4.79 Å². The Bertz CT molecular complexity index is 1300. The van der Waals surface area contributed by atoms with Crippen molar-refractivity contribution in [2.45, 2.75) is 25.3 Å². The van der Waals surface area contributed by atoms with E-state index < -0.39 is 18.1 Å². The highest BCUT2D eigenvalue weighted by Crippen LogP contribution is 2.44. The van der Waals surface area contributed by atoms with Crippen LogP contribution in [0.2, 0.25) is 0 Å². The van der Waals surface area contributed by atoms with Crippen LogP contribution in [0.4, 0.5) is 4.79 Å². The van der Waals surface area contributed by atoms with E-state index in [0.29, 0.717) is 44.6 Å². The molecule has 1 saturated heterocycles. The number of carbonyl (C=O) groups excluding carboxylic acids is 2. The van der Waals surface area contributed by atoms with Crippen LogP contribution in [0.15, 0.2) is 48.5 Å². The lowest BCUT2D eigenvalue weighted by molar-refractivity contribution is -0.135. The Morgan fingerprint density at radius 1 is 1.14 bits per heavy atom. The summed E-state index contributed by atoms with van der Waals surface area (Å²) in [5.74, 6) is -0.251. The predicted molar refractivity (Wildman–Crippen MR) is 134 cm³/mol. The number of hydrogen-bond donors (Lipinski definition) is 3. The van der Waals surface area contributed by atoms with Crippen LogP contribution < -0.4 is 10.1 Å². The summed E-state index contributed by atoms with van der Waals surface area (Å²) in [5, 5.41) is 12.7. The van der Waals surface area contributed by atoms with Gasteiger partial charge < -0.3 is 25.0 Å². The summed E-state index contributed by atoms with van der Waals surface area (Å²) in [4.78, 5) is 43.9. The van der Waals surface area contributed by atoms with Crippen molar-refractivity contribution < 1.29 is 24.2 Å². The van der Waals surface area contributed by atoms with E-state index >= 15 is 0 Å². The number of likely N-dealkylation sites (tertiary alicyclic amines) is 1. The van der Waals surface area contributed by atoms with E-state index in [1.807, 2.05) is 48.5 Å². The van der Waals surface area contributed by atoms with Gasteiger partial charge in [0.05, 0.1) is 5.54 Å². The lowest BCUT2D eigenvalue weighted by Gasteiger charge is -2.44. The number of carboxylic acids is 1. The molecule has 9 heteroatoms. The summed E-state index contributed by atoms with van der Waals surface area (Å²) in [5.41, 5.74) is 3.06. The van der Waals surface area contributed by atoms with Gasteiger partial charge in [0.15, 0.2) is 5.78 Å². The number of aromatic nitrogens is 1. The van der Waals surface area contributed by atoms with Gasteiger partial charge in [-0.2, -0.15) is 0 Å². The molecule has 0 saturated carbocycles. The van der Waals surface area contributed by atoms with Gasteiger partial charge in [-0.05, 0) is 55.7 Å². The number of aromatic amines is 1. The Morgan fingerprint density at radius 3 is 2.69 bits per heavy atom. The number of para-hydroxylation sites is 1. The fraction of sp³-hybridized carbons (Fsp3) is 0.370. The van der Waals surface area contributed by atoms with Gasteiger partial charge in [0.2, 0.25) is 0 Å². The lowest BCUT2D eigenvalue weighted by atomic mass is 9.84. The average molecular weight is 491 g/mol. The minimum Gasteiger partial charge on any atom is -0.492 e. The van der Waals surface area contributed by atoms with Crippen LogP contribution >= 0.6 is 0 Å². The number of carbonyl (C=O) groups is 3. The number of ketones is 1. The zero-order valence-electron chi connectivity index (χ0n) is 20.3. The first-order valence-corrected chi connectivity index (χ1v) is 12.2. The maximum Gasteiger partial charge on any atom is 0.323 e. The van der Waals surface area contributed by atoms with Crippen LogP contribution in [0.25, 0.3) is 10.9 Å². The molecule has 0 aliphatic carbocycles. The third-order valence-corrected chi connectivity index (χ3v) is 7.26. The van der Waals surface area contributed by atoms with Crippen LogP contribution in [-0.2, 0) is 16.8 Å². The second-order valence-electron chi connectivity index (χ2n) is 9.47. The fourth-order valence-electron chi connectivity index (χ4n) is 5.53. The first-order valence-electron chi connectivity index (χ1n) is 12.2. The number of H-pyrrole nitrogens is 1. The Hall–Kier alpha value is -3.85. The molecule has 1 spiro atoms. The molecule has 0 radical (unpaired) electrons. The smallest absolute Gasteiger partial charge is 0.323 e. The molecule has 3 N–H and O–H groups in total. The molecule has 2 amide bonds. The molecule has 3 heterocycles. The molecule has 188 valence electrons. The number of benzene rings is 2. The molecule has 1 unspecified atom stereocenters. The Kier molecular flexibility index (Phi) is 6.40. The van der Waals surface area contributed by atoms with Gasteiger partial charge in [-0.15, -0.1) is 0 Å². The molecule has 0 bridgehead atoms. The lowest BCUT2D eigenvalue weighted by Crippen LogP contribution is -2.58. The van der Waals surface area contributed by atoms with E-state index in [2.05, 4.69) is 15.2 Å². The van der Waals surface area contributed by atoms with Gasteiger partial charge in [-0.1, -0.05) is 18.2 Å². The van der Waals surface area contributed by atoms with Crippen LogP contribution in [0, 0.1) is 0 Å². The molecule has 5 rings (SSSR count). The average Bonchev–Trinajstić information content (AvgIpc) is 3.46. The number of nitrogens with one attached hydrogen (secondary N) is 2. The Morgan fingerprint density at radius 2 is 1.94 bits per heavy atom. The number of ether oxygens (including phenoxy) is 1. The highest BCUT2D eigenvalue weighted by molar-refractivity contribution is 5.99. The molecule has 1 atom stereocenters. The molecule has 1 fully saturated rings. The van der Waals surface area contributed by atoms with Crippen molar-refractivity contribution in [1.29, 1.82) is 0 Å². The molecule has 2 aliphatic heterocycles. The van der Waals surface area contributed by atoms with Crippen LogP contribution in [-0.4, -0.2) is 77.0 Å². The zero-order valence-corrected chi connectivity index (χ0v) is 20.3. The SMILES string of the molecule is CC(=O)c1ccc2[nH]c3c(c2c1)CCN(C(=O)NCC(=O)O)C31CCN(CCOc2ccccc2)C1. The second kappa shape index (κ2) is 9.66. The number of amides is 2. The largest absolute Gasteiger partial charge is 0.492 e.